The van der Waals surface area contributed by atoms with Crippen LogP contribution >= 0.6 is 0 Å². The molecule has 2 atom stereocenters. The SMILES string of the molecule is CC1CC(C(F)F)n2nc(CO)nc2N1. The fourth-order valence-corrected chi connectivity index (χ4v) is 1.72. The number of nitrogens with zero attached hydrogens (tertiary/aromatic N) is 3. The minimum Gasteiger partial charge on any atom is -0.388 e. The molecule has 0 saturated heterocycles. The van der Waals surface area contributed by atoms with Crippen LogP contribution in [-0.2, 0) is 6.61 Å². The third-order valence-corrected chi connectivity index (χ3v) is 2.39. The molecule has 0 bridgehead atoms. The number of fused-ring (bicyclic) bond motifs is 1. The molecule has 2 heterocycles. The number of hydrogen-bond donors (Lipinski definition) is 2. The Balaban J connectivity index is 2.35. The van der Waals surface area contributed by atoms with Crippen molar-refractivity contribution in [2.75, 3.05) is 5.32 Å². The fraction of sp³-hybridized carbons (Fsp3) is 0.750. The summed E-state index contributed by atoms with van der Waals surface area (Å²) in [4.78, 5) is 3.91. The fourth-order valence-electron chi connectivity index (χ4n) is 1.72. The Bertz CT molecular complexity index is 354. The van der Waals surface area contributed by atoms with Crippen LogP contribution in [0.15, 0.2) is 0 Å². The van der Waals surface area contributed by atoms with Crippen molar-refractivity contribution in [3.63, 3.8) is 0 Å². The van der Waals surface area contributed by atoms with E-state index in [1.165, 1.54) is 0 Å². The molecule has 2 unspecified atom stereocenters. The van der Waals surface area contributed by atoms with Crippen molar-refractivity contribution in [1.29, 1.82) is 0 Å². The Morgan fingerprint density at radius 2 is 2.40 bits per heavy atom. The minimum atomic E-state index is -2.47. The van der Waals surface area contributed by atoms with Gasteiger partial charge in [0, 0.05) is 6.04 Å². The number of halogens is 2. The normalized spacial score (nSPS) is 25.1. The number of rotatable bonds is 2. The molecule has 1 aromatic heterocycles. The van der Waals surface area contributed by atoms with E-state index in [1.54, 1.807) is 0 Å². The Hall–Kier alpha value is -1.24. The molecule has 0 amide bonds. The summed E-state index contributed by atoms with van der Waals surface area (Å²) in [6, 6.07) is -1.02. The van der Waals surface area contributed by atoms with E-state index in [0.717, 1.165) is 4.68 Å². The van der Waals surface area contributed by atoms with E-state index in [0.29, 0.717) is 12.4 Å². The molecule has 7 heteroatoms. The van der Waals surface area contributed by atoms with E-state index in [1.807, 2.05) is 6.92 Å². The van der Waals surface area contributed by atoms with Crippen LogP contribution in [0, 0.1) is 0 Å². The van der Waals surface area contributed by atoms with E-state index in [9.17, 15) is 8.78 Å². The van der Waals surface area contributed by atoms with Crippen LogP contribution in [0.5, 0.6) is 0 Å². The van der Waals surface area contributed by atoms with Crippen LogP contribution in [-0.4, -0.2) is 32.3 Å². The first-order valence-corrected chi connectivity index (χ1v) is 4.72. The lowest BCUT2D eigenvalue weighted by Gasteiger charge is -2.28. The summed E-state index contributed by atoms with van der Waals surface area (Å²) in [6.45, 7) is 1.47. The molecule has 1 aliphatic rings. The summed E-state index contributed by atoms with van der Waals surface area (Å²) in [6.07, 6.45) is -2.17. The maximum absolute atomic E-state index is 12.7. The molecular formula is C8H12F2N4O. The lowest BCUT2D eigenvalue weighted by Crippen LogP contribution is -2.33. The highest BCUT2D eigenvalue weighted by atomic mass is 19.3. The summed E-state index contributed by atoms with van der Waals surface area (Å²) >= 11 is 0. The topological polar surface area (TPSA) is 63.0 Å². The average molecular weight is 218 g/mol. The molecule has 0 spiro atoms. The quantitative estimate of drug-likeness (QED) is 0.770. The number of alkyl halides is 2. The van der Waals surface area contributed by atoms with Gasteiger partial charge in [0.05, 0.1) is 0 Å². The van der Waals surface area contributed by atoms with E-state index < -0.39 is 12.5 Å². The molecule has 1 aliphatic heterocycles. The molecule has 2 rings (SSSR count). The zero-order valence-corrected chi connectivity index (χ0v) is 8.19. The lowest BCUT2D eigenvalue weighted by molar-refractivity contribution is 0.0662. The number of aromatic nitrogens is 3. The van der Waals surface area contributed by atoms with Crippen LogP contribution in [0.25, 0.3) is 0 Å². The van der Waals surface area contributed by atoms with Crippen molar-refractivity contribution in [3.8, 4) is 0 Å². The Morgan fingerprint density at radius 3 is 3.00 bits per heavy atom. The molecule has 15 heavy (non-hydrogen) atoms. The number of nitrogens with one attached hydrogen (secondary N) is 1. The van der Waals surface area contributed by atoms with Gasteiger partial charge in [0.1, 0.15) is 12.6 Å². The zero-order valence-electron chi connectivity index (χ0n) is 8.19. The van der Waals surface area contributed by atoms with Crippen LogP contribution < -0.4 is 5.32 Å². The summed E-state index contributed by atoms with van der Waals surface area (Å²) in [7, 11) is 0. The van der Waals surface area contributed by atoms with Crippen LogP contribution in [0.2, 0.25) is 0 Å². The second-order valence-corrected chi connectivity index (χ2v) is 3.64. The van der Waals surface area contributed by atoms with Gasteiger partial charge < -0.3 is 10.4 Å². The van der Waals surface area contributed by atoms with Crippen LogP contribution in [0.3, 0.4) is 0 Å². The van der Waals surface area contributed by atoms with Gasteiger partial charge >= 0.3 is 0 Å². The van der Waals surface area contributed by atoms with Crippen molar-refractivity contribution in [3.05, 3.63) is 5.82 Å². The number of aliphatic hydroxyl groups is 1. The van der Waals surface area contributed by atoms with Gasteiger partial charge in [-0.25, -0.2) is 13.5 Å². The maximum Gasteiger partial charge on any atom is 0.260 e. The van der Waals surface area contributed by atoms with Gasteiger partial charge in [-0.15, -0.1) is 0 Å². The molecule has 84 valence electrons. The second kappa shape index (κ2) is 3.73. The van der Waals surface area contributed by atoms with Crippen molar-refractivity contribution in [2.45, 2.75) is 38.5 Å². The third-order valence-electron chi connectivity index (χ3n) is 2.39. The standard InChI is InChI=1S/C8H12F2N4O/c1-4-2-5(7(9)10)14-8(11-4)12-6(3-15)13-14/h4-5,7,15H,2-3H2,1H3,(H,11,12,13). The highest BCUT2D eigenvalue weighted by molar-refractivity contribution is 5.30. The van der Waals surface area contributed by atoms with Gasteiger partial charge in [-0.05, 0) is 13.3 Å². The molecule has 5 nitrogen and oxygen atoms in total. The Labute approximate surface area is 85.1 Å². The molecule has 1 aromatic rings. The molecule has 0 saturated carbocycles. The highest BCUT2D eigenvalue weighted by Crippen LogP contribution is 2.29. The second-order valence-electron chi connectivity index (χ2n) is 3.64. The predicted molar refractivity (Wildman–Crippen MR) is 48.7 cm³/mol. The van der Waals surface area contributed by atoms with E-state index in [2.05, 4.69) is 15.4 Å². The van der Waals surface area contributed by atoms with E-state index >= 15 is 0 Å². The predicted octanol–water partition coefficient (Wildman–Crippen LogP) is 0.781. The molecule has 0 aliphatic carbocycles. The van der Waals surface area contributed by atoms with Crippen molar-refractivity contribution in [2.24, 2.45) is 0 Å². The summed E-state index contributed by atoms with van der Waals surface area (Å²) in [5.74, 6) is 0.473. The number of anilines is 1. The molecule has 0 fully saturated rings. The van der Waals surface area contributed by atoms with Gasteiger partial charge in [0.25, 0.3) is 6.43 Å². The summed E-state index contributed by atoms with van der Waals surface area (Å²) in [5, 5.41) is 15.6. The first-order valence-electron chi connectivity index (χ1n) is 4.72. The molecular weight excluding hydrogens is 206 g/mol. The Morgan fingerprint density at radius 1 is 1.67 bits per heavy atom. The van der Waals surface area contributed by atoms with Crippen molar-refractivity contribution >= 4 is 5.95 Å². The van der Waals surface area contributed by atoms with Gasteiger partial charge in [0.15, 0.2) is 5.82 Å². The highest BCUT2D eigenvalue weighted by Gasteiger charge is 2.32. The van der Waals surface area contributed by atoms with E-state index in [-0.39, 0.29) is 18.5 Å². The zero-order chi connectivity index (χ0) is 11.0. The number of hydrogen-bond acceptors (Lipinski definition) is 4. The maximum atomic E-state index is 12.7. The lowest BCUT2D eigenvalue weighted by atomic mass is 10.1. The van der Waals surface area contributed by atoms with Crippen molar-refractivity contribution in [1.82, 2.24) is 14.8 Å². The van der Waals surface area contributed by atoms with Gasteiger partial charge in [-0.3, -0.25) is 0 Å². The monoisotopic (exact) mass is 218 g/mol. The number of aliphatic hydroxyl groups excluding tert-OH is 1. The van der Waals surface area contributed by atoms with Gasteiger partial charge in [0.2, 0.25) is 5.95 Å². The first kappa shape index (κ1) is 10.3. The molecule has 0 radical (unpaired) electrons. The Kier molecular flexibility index (Phi) is 2.56. The average Bonchev–Trinajstić information content (AvgIpc) is 2.58. The third kappa shape index (κ3) is 1.79. The van der Waals surface area contributed by atoms with Crippen LogP contribution in [0.4, 0.5) is 14.7 Å². The molecule has 2 N–H and O–H groups in total. The van der Waals surface area contributed by atoms with Gasteiger partial charge in [-0.2, -0.15) is 10.1 Å². The van der Waals surface area contributed by atoms with E-state index in [4.69, 9.17) is 5.11 Å². The smallest absolute Gasteiger partial charge is 0.260 e. The molecule has 0 aromatic carbocycles. The van der Waals surface area contributed by atoms with Crippen molar-refractivity contribution < 1.29 is 13.9 Å². The summed E-state index contributed by atoms with van der Waals surface area (Å²) < 4.78 is 26.6. The minimum absolute atomic E-state index is 0.0627. The largest absolute Gasteiger partial charge is 0.388 e. The van der Waals surface area contributed by atoms with Gasteiger partial charge in [-0.1, -0.05) is 0 Å². The van der Waals surface area contributed by atoms with Crippen LogP contribution in [0.1, 0.15) is 25.2 Å². The summed E-state index contributed by atoms with van der Waals surface area (Å²) in [5.41, 5.74) is 0. The first-order chi connectivity index (χ1) is 7.11.